The lowest BCUT2D eigenvalue weighted by Gasteiger charge is -2.30. The van der Waals surface area contributed by atoms with Gasteiger partial charge in [0.05, 0.1) is 13.2 Å². The first kappa shape index (κ1) is 26.5. The molecule has 0 N–H and O–H groups in total. The van der Waals surface area contributed by atoms with Crippen LogP contribution < -0.4 is 0 Å². The topological polar surface area (TPSA) is 18.5 Å². The molecule has 2 nitrogen and oxygen atoms in total. The molecule has 0 aromatic heterocycles. The summed E-state index contributed by atoms with van der Waals surface area (Å²) in [4.78, 5) is 0. The molecule has 0 amide bonds. The molecule has 0 atom stereocenters. The number of rotatable bonds is 6. The summed E-state index contributed by atoms with van der Waals surface area (Å²) in [5.41, 5.74) is 0. The van der Waals surface area contributed by atoms with Crippen LogP contribution in [0.4, 0.5) is 0 Å². The third-order valence-corrected chi connectivity index (χ3v) is 9.33. The van der Waals surface area contributed by atoms with Crippen molar-refractivity contribution >= 4 is 0 Å². The zero-order valence-electron chi connectivity index (χ0n) is 22.2. The van der Waals surface area contributed by atoms with Crippen LogP contribution in [0.3, 0.4) is 0 Å². The van der Waals surface area contributed by atoms with Crippen molar-refractivity contribution in [1.29, 1.82) is 0 Å². The van der Waals surface area contributed by atoms with Gasteiger partial charge >= 0.3 is 0 Å². The predicted octanol–water partition coefficient (Wildman–Crippen LogP) is 9.02. The Bertz CT molecular complexity index is 371. The molecule has 1 heterocycles. The Balaban J connectivity index is 0.000000181. The van der Waals surface area contributed by atoms with Gasteiger partial charge in [-0.25, -0.2) is 0 Å². The molecule has 4 fully saturated rings. The van der Waals surface area contributed by atoms with E-state index in [1.54, 1.807) is 12.8 Å². The summed E-state index contributed by atoms with van der Waals surface area (Å²) in [6.45, 7) is 11.2. The summed E-state index contributed by atoms with van der Waals surface area (Å²) < 4.78 is 11.4. The van der Waals surface area contributed by atoms with E-state index in [2.05, 4.69) is 27.7 Å². The van der Waals surface area contributed by atoms with E-state index >= 15 is 0 Å². The minimum absolute atomic E-state index is 0.0931. The van der Waals surface area contributed by atoms with E-state index in [1.807, 2.05) is 0 Å². The smallest absolute Gasteiger partial charge is 0.157 e. The Labute approximate surface area is 201 Å². The van der Waals surface area contributed by atoms with E-state index < -0.39 is 0 Å². The van der Waals surface area contributed by atoms with E-state index in [0.717, 1.165) is 55.1 Å². The fourth-order valence-electron chi connectivity index (χ4n) is 6.50. The third kappa shape index (κ3) is 10.0. The molecule has 0 bridgehead atoms. The summed E-state index contributed by atoms with van der Waals surface area (Å²) in [7, 11) is 0. The number of hydrogen-bond acceptors (Lipinski definition) is 2. The van der Waals surface area contributed by atoms with E-state index in [9.17, 15) is 0 Å². The lowest BCUT2D eigenvalue weighted by atomic mass is 9.76. The SMILES string of the molecule is CC1CCC(CCC2CCC(C)CC2)CC1.CC1CCC(CCC2OCC(C)CO2)CC1. The predicted molar refractivity (Wildman–Crippen MR) is 137 cm³/mol. The average Bonchev–Trinajstić information content (AvgIpc) is 2.81. The molecule has 188 valence electrons. The standard InChI is InChI=1S/C16H30.C14H26O2/c1-13-3-7-15(8-4-13)11-12-16-9-5-14(2)6-10-16;1-11-3-5-13(6-4-11)7-8-14-15-9-12(2)10-16-14/h13-16H,3-12H2,1-2H3;11-14H,3-10H2,1-2H3. The molecule has 0 unspecified atom stereocenters. The van der Waals surface area contributed by atoms with Crippen molar-refractivity contribution in [3.8, 4) is 0 Å². The fourth-order valence-corrected chi connectivity index (χ4v) is 6.50. The second-order valence-electron chi connectivity index (χ2n) is 12.7. The quantitative estimate of drug-likeness (QED) is 0.403. The van der Waals surface area contributed by atoms with Crippen LogP contribution in [0.25, 0.3) is 0 Å². The van der Waals surface area contributed by atoms with Crippen LogP contribution in [0.2, 0.25) is 0 Å². The lowest BCUT2D eigenvalue weighted by Crippen LogP contribution is -2.31. The molecule has 0 radical (unpaired) electrons. The van der Waals surface area contributed by atoms with Crippen molar-refractivity contribution < 1.29 is 9.47 Å². The summed E-state index contributed by atoms with van der Waals surface area (Å²) in [5.74, 6) is 6.69. The molecule has 1 aliphatic heterocycles. The highest BCUT2D eigenvalue weighted by atomic mass is 16.7. The first-order valence-corrected chi connectivity index (χ1v) is 14.7. The van der Waals surface area contributed by atoms with Crippen LogP contribution >= 0.6 is 0 Å². The van der Waals surface area contributed by atoms with Crippen LogP contribution in [0.5, 0.6) is 0 Å². The monoisotopic (exact) mass is 448 g/mol. The fraction of sp³-hybridized carbons (Fsp3) is 1.00. The van der Waals surface area contributed by atoms with Gasteiger partial charge in [0.2, 0.25) is 0 Å². The Morgan fingerprint density at radius 1 is 0.406 bits per heavy atom. The second kappa shape index (κ2) is 14.3. The maximum absolute atomic E-state index is 5.68. The molecule has 1 saturated heterocycles. The van der Waals surface area contributed by atoms with E-state index in [0.29, 0.717) is 5.92 Å². The van der Waals surface area contributed by atoms with Crippen molar-refractivity contribution in [3.05, 3.63) is 0 Å². The van der Waals surface area contributed by atoms with Crippen molar-refractivity contribution in [3.63, 3.8) is 0 Å². The molecule has 0 aromatic rings. The van der Waals surface area contributed by atoms with Crippen molar-refractivity contribution in [2.75, 3.05) is 13.2 Å². The first-order valence-electron chi connectivity index (χ1n) is 14.7. The van der Waals surface area contributed by atoms with Gasteiger partial charge in [0.1, 0.15) is 0 Å². The van der Waals surface area contributed by atoms with Crippen LogP contribution in [0.15, 0.2) is 0 Å². The molecule has 3 aliphatic carbocycles. The molecule has 0 spiro atoms. The van der Waals surface area contributed by atoms with E-state index in [4.69, 9.17) is 9.47 Å². The number of ether oxygens (including phenoxy) is 2. The van der Waals surface area contributed by atoms with Crippen LogP contribution in [0.1, 0.15) is 130 Å². The molecular formula is C30H56O2. The molecular weight excluding hydrogens is 392 g/mol. The van der Waals surface area contributed by atoms with Gasteiger partial charge < -0.3 is 9.47 Å². The van der Waals surface area contributed by atoms with Crippen molar-refractivity contribution in [2.45, 2.75) is 137 Å². The minimum atomic E-state index is 0.0931. The molecule has 3 saturated carbocycles. The van der Waals surface area contributed by atoms with E-state index in [1.165, 1.54) is 83.5 Å². The largest absolute Gasteiger partial charge is 0.352 e. The minimum Gasteiger partial charge on any atom is -0.352 e. The van der Waals surface area contributed by atoms with Gasteiger partial charge in [-0.1, -0.05) is 118 Å². The van der Waals surface area contributed by atoms with Gasteiger partial charge in [0.25, 0.3) is 0 Å². The Hall–Kier alpha value is -0.0800. The Kier molecular flexibility index (Phi) is 11.9. The Morgan fingerprint density at radius 2 is 0.719 bits per heavy atom. The highest BCUT2D eigenvalue weighted by Crippen LogP contribution is 2.36. The molecule has 4 aliphatic rings. The maximum atomic E-state index is 5.68. The summed E-state index contributed by atoms with van der Waals surface area (Å²) in [6, 6.07) is 0. The highest BCUT2D eigenvalue weighted by Gasteiger charge is 2.23. The normalized spacial score (nSPS) is 40.9. The second-order valence-corrected chi connectivity index (χ2v) is 12.7. The Morgan fingerprint density at radius 3 is 1.06 bits per heavy atom. The number of hydrogen-bond donors (Lipinski definition) is 0. The molecule has 2 heteroatoms. The summed E-state index contributed by atoms with van der Waals surface area (Å²) in [5, 5.41) is 0. The molecule has 0 aromatic carbocycles. The van der Waals surface area contributed by atoms with Crippen molar-refractivity contribution in [2.24, 2.45) is 41.4 Å². The zero-order chi connectivity index (χ0) is 22.8. The van der Waals surface area contributed by atoms with Gasteiger partial charge in [0.15, 0.2) is 6.29 Å². The van der Waals surface area contributed by atoms with Gasteiger partial charge in [-0.3, -0.25) is 0 Å². The van der Waals surface area contributed by atoms with Crippen LogP contribution in [-0.4, -0.2) is 19.5 Å². The van der Waals surface area contributed by atoms with Crippen molar-refractivity contribution in [1.82, 2.24) is 0 Å². The van der Waals surface area contributed by atoms with Gasteiger partial charge in [-0.15, -0.1) is 0 Å². The molecule has 4 rings (SSSR count). The third-order valence-electron chi connectivity index (χ3n) is 9.33. The van der Waals surface area contributed by atoms with Gasteiger partial charge in [-0.2, -0.15) is 0 Å². The van der Waals surface area contributed by atoms with Crippen LogP contribution in [0, 0.1) is 41.4 Å². The van der Waals surface area contributed by atoms with Crippen LogP contribution in [-0.2, 0) is 9.47 Å². The van der Waals surface area contributed by atoms with Gasteiger partial charge in [-0.05, 0) is 48.3 Å². The zero-order valence-corrected chi connectivity index (χ0v) is 22.2. The lowest BCUT2D eigenvalue weighted by molar-refractivity contribution is -0.201. The first-order chi connectivity index (χ1) is 15.5. The average molecular weight is 449 g/mol. The van der Waals surface area contributed by atoms with E-state index in [-0.39, 0.29) is 6.29 Å². The summed E-state index contributed by atoms with van der Waals surface area (Å²) in [6.07, 6.45) is 23.4. The van der Waals surface area contributed by atoms with Gasteiger partial charge in [0, 0.05) is 5.92 Å². The maximum Gasteiger partial charge on any atom is 0.157 e. The summed E-state index contributed by atoms with van der Waals surface area (Å²) >= 11 is 0. The highest BCUT2D eigenvalue weighted by molar-refractivity contribution is 4.75. The molecule has 32 heavy (non-hydrogen) atoms.